The molecule has 0 aliphatic carbocycles. The number of fused-ring (bicyclic) bond motifs is 3. The summed E-state index contributed by atoms with van der Waals surface area (Å²) in [5.41, 5.74) is 5.58. The van der Waals surface area contributed by atoms with Gasteiger partial charge >= 0.3 is 5.97 Å². The number of ether oxygens (including phenoxy) is 1. The second-order valence-electron chi connectivity index (χ2n) is 19.0. The average Bonchev–Trinajstić information content (AvgIpc) is 3.91. The molecular formula is C55H55FN8O8S. The summed E-state index contributed by atoms with van der Waals surface area (Å²) in [7, 11) is 0. The molecule has 6 aromatic rings. The van der Waals surface area contributed by atoms with E-state index >= 15 is 4.39 Å². The van der Waals surface area contributed by atoms with E-state index in [0.29, 0.717) is 67.0 Å². The quantitative estimate of drug-likeness (QED) is 0.0585. The number of aromatic carboxylic acids is 1. The lowest BCUT2D eigenvalue weighted by Gasteiger charge is -2.36. The Morgan fingerprint density at radius 2 is 1.55 bits per heavy atom. The van der Waals surface area contributed by atoms with E-state index in [0.717, 1.165) is 102 Å². The molecule has 0 radical (unpaired) electrons. The second kappa shape index (κ2) is 21.3. The summed E-state index contributed by atoms with van der Waals surface area (Å²) in [6.07, 6.45) is 6.87. The summed E-state index contributed by atoms with van der Waals surface area (Å²) >= 11 is 1.42. The number of hydrogen-bond acceptors (Lipinski definition) is 13. The normalized spacial score (nSPS) is 17.0. The van der Waals surface area contributed by atoms with Crippen LogP contribution in [-0.2, 0) is 22.6 Å². The molecule has 2 saturated heterocycles. The summed E-state index contributed by atoms with van der Waals surface area (Å²) in [4.78, 5) is 93.3. The van der Waals surface area contributed by atoms with Crippen LogP contribution in [0, 0.1) is 12.7 Å². The van der Waals surface area contributed by atoms with Crippen molar-refractivity contribution < 1.29 is 43.0 Å². The second-order valence-corrected chi connectivity index (χ2v) is 20.0. The number of pyridine rings is 1. The largest absolute Gasteiger partial charge is 0.493 e. The Kier molecular flexibility index (Phi) is 14.3. The molecule has 1 unspecified atom stereocenters. The van der Waals surface area contributed by atoms with Crippen LogP contribution in [0.15, 0.2) is 84.9 Å². The van der Waals surface area contributed by atoms with Gasteiger partial charge in [0.2, 0.25) is 11.8 Å². The number of unbranched alkanes of at least 4 members (excludes halogenated alkanes) is 5. The Balaban J connectivity index is 0.664. The fraction of sp³-hybridized carbons (Fsp3) is 0.345. The molecule has 4 aromatic carbocycles. The van der Waals surface area contributed by atoms with Crippen LogP contribution in [0.5, 0.6) is 5.75 Å². The molecule has 2 aromatic heterocycles. The number of piperidine rings is 1. The monoisotopic (exact) mass is 1010 g/mol. The first-order valence-electron chi connectivity index (χ1n) is 24.9. The van der Waals surface area contributed by atoms with Crippen LogP contribution >= 0.6 is 11.3 Å². The molecule has 10 rings (SSSR count). The van der Waals surface area contributed by atoms with Crippen LogP contribution < -0.4 is 25.2 Å². The molecule has 0 spiro atoms. The number of benzene rings is 4. The number of hydrogen-bond donors (Lipinski definition) is 3. The van der Waals surface area contributed by atoms with Crippen LogP contribution in [0.2, 0.25) is 0 Å². The van der Waals surface area contributed by atoms with Crippen LogP contribution in [-0.4, -0.2) is 112 Å². The molecule has 73 heavy (non-hydrogen) atoms. The van der Waals surface area contributed by atoms with Gasteiger partial charge in [-0.25, -0.2) is 19.2 Å². The third-order valence-corrected chi connectivity index (χ3v) is 15.3. The number of carboxylic acid groups (broad SMARTS) is 1. The highest BCUT2D eigenvalue weighted by atomic mass is 32.1. The molecular weight excluding hydrogens is 952 g/mol. The van der Waals surface area contributed by atoms with Gasteiger partial charge in [0.1, 0.15) is 23.4 Å². The number of para-hydroxylation sites is 1. The molecule has 16 nitrogen and oxygen atoms in total. The van der Waals surface area contributed by atoms with Crippen molar-refractivity contribution in [1.29, 1.82) is 0 Å². The molecule has 6 heterocycles. The smallest absolute Gasteiger partial charge is 0.355 e. The molecule has 18 heteroatoms. The first-order valence-corrected chi connectivity index (χ1v) is 25.8. The van der Waals surface area contributed by atoms with Gasteiger partial charge in [-0.1, -0.05) is 73.4 Å². The molecule has 4 aliphatic rings. The van der Waals surface area contributed by atoms with E-state index in [1.165, 1.54) is 17.4 Å². The number of nitrogens with zero attached hydrogens (tertiary/aromatic N) is 6. The predicted molar refractivity (Wildman–Crippen MR) is 275 cm³/mol. The maximum absolute atomic E-state index is 15.4. The zero-order valence-electron chi connectivity index (χ0n) is 40.5. The molecule has 5 amide bonds. The average molecular weight is 1010 g/mol. The molecule has 4 aliphatic heterocycles. The minimum Gasteiger partial charge on any atom is -0.493 e. The highest BCUT2D eigenvalue weighted by Gasteiger charge is 2.45. The maximum Gasteiger partial charge on any atom is 0.355 e. The van der Waals surface area contributed by atoms with E-state index < -0.39 is 41.5 Å². The van der Waals surface area contributed by atoms with Crippen LogP contribution in [0.25, 0.3) is 21.3 Å². The minimum absolute atomic E-state index is 0.0118. The zero-order valence-corrected chi connectivity index (χ0v) is 41.3. The van der Waals surface area contributed by atoms with Crippen molar-refractivity contribution in [3.05, 3.63) is 130 Å². The molecule has 376 valence electrons. The number of carbonyl (C=O) groups is 6. The molecule has 1 atom stereocenters. The highest BCUT2D eigenvalue weighted by Crippen LogP contribution is 2.36. The SMILES string of the molecule is Cc1c(OCCCCCCCCN2CCN(c3cc4c(cc3F)C(=O)N(C3CCC(=O)NC3=O)C4=O)CC2)cccc1-c1ccc(N2CCc3cccc(C(=O)Nc4nc5ccccc5s4)c3C2)nc1C(=O)O. The third-order valence-electron chi connectivity index (χ3n) is 14.4. The van der Waals surface area contributed by atoms with Crippen LogP contribution in [0.1, 0.15) is 110 Å². The third kappa shape index (κ3) is 10.3. The number of amides is 5. The summed E-state index contributed by atoms with van der Waals surface area (Å²) < 4.78 is 22.7. The van der Waals surface area contributed by atoms with Crippen LogP contribution in [0.4, 0.5) is 21.0 Å². The van der Waals surface area contributed by atoms with E-state index in [4.69, 9.17) is 9.72 Å². The van der Waals surface area contributed by atoms with E-state index in [1.807, 2.05) is 89.5 Å². The fourth-order valence-electron chi connectivity index (χ4n) is 10.4. The van der Waals surface area contributed by atoms with Gasteiger partial charge in [0.15, 0.2) is 10.8 Å². The Hall–Kier alpha value is -7.57. The molecule has 0 saturated carbocycles. The summed E-state index contributed by atoms with van der Waals surface area (Å²) in [5.74, 6) is -3.30. The van der Waals surface area contributed by atoms with E-state index in [9.17, 15) is 33.9 Å². The van der Waals surface area contributed by atoms with Gasteiger partial charge in [-0.15, -0.1) is 0 Å². The first kappa shape index (κ1) is 49.0. The van der Waals surface area contributed by atoms with Crippen molar-refractivity contribution in [3.63, 3.8) is 0 Å². The van der Waals surface area contributed by atoms with Gasteiger partial charge in [-0.3, -0.25) is 44.4 Å². The Labute approximate surface area is 425 Å². The van der Waals surface area contributed by atoms with Gasteiger partial charge in [0.05, 0.1) is 33.6 Å². The van der Waals surface area contributed by atoms with Crippen molar-refractivity contribution in [2.24, 2.45) is 0 Å². The number of imide groups is 2. The van der Waals surface area contributed by atoms with E-state index in [1.54, 1.807) is 0 Å². The lowest BCUT2D eigenvalue weighted by Crippen LogP contribution is -2.54. The predicted octanol–water partition coefficient (Wildman–Crippen LogP) is 8.26. The fourth-order valence-corrected chi connectivity index (χ4v) is 11.3. The van der Waals surface area contributed by atoms with Crippen molar-refractivity contribution >= 4 is 73.7 Å². The maximum atomic E-state index is 15.4. The first-order chi connectivity index (χ1) is 35.4. The van der Waals surface area contributed by atoms with Crippen molar-refractivity contribution in [1.82, 2.24) is 25.1 Å². The molecule has 2 fully saturated rings. The Morgan fingerprint density at radius 3 is 2.33 bits per heavy atom. The van der Waals surface area contributed by atoms with Crippen molar-refractivity contribution in [2.75, 3.05) is 61.0 Å². The Bertz CT molecular complexity index is 3140. The number of aromatic nitrogens is 2. The van der Waals surface area contributed by atoms with E-state index in [2.05, 4.69) is 20.5 Å². The lowest BCUT2D eigenvalue weighted by atomic mass is 9.94. The van der Waals surface area contributed by atoms with Gasteiger partial charge in [-0.2, -0.15) is 0 Å². The van der Waals surface area contributed by atoms with Gasteiger partial charge in [0, 0.05) is 56.8 Å². The number of piperazine rings is 1. The number of carbonyl (C=O) groups excluding carboxylic acids is 5. The minimum atomic E-state index is -1.13. The van der Waals surface area contributed by atoms with Crippen molar-refractivity contribution in [2.45, 2.75) is 77.3 Å². The number of carboxylic acids is 1. The van der Waals surface area contributed by atoms with Crippen molar-refractivity contribution in [3.8, 4) is 16.9 Å². The topological polar surface area (TPSA) is 195 Å². The van der Waals surface area contributed by atoms with Gasteiger partial charge in [0.25, 0.3) is 17.7 Å². The molecule has 0 bridgehead atoms. The zero-order chi connectivity index (χ0) is 50.8. The lowest BCUT2D eigenvalue weighted by molar-refractivity contribution is -0.136. The summed E-state index contributed by atoms with van der Waals surface area (Å²) in [6, 6.07) is 24.2. The number of anilines is 3. The number of nitrogens with one attached hydrogen (secondary N) is 2. The standard InChI is InChI=1S/C55H55FN8O8S/c1-33-35(36-18-20-47(58-49(36)54(70)71)63-24-22-34-12-10-14-37(40(34)32-63)50(66)60-55-57-42-15-6-7-17-46(42)73-55)13-11-16-45(33)72-29-9-5-3-2-4-8-23-61-25-27-62(28-26-61)44-31-39-38(30-41(44)56)52(68)64(53(39)69)43-19-21-48(65)59-51(43)67/h6-7,10-18,20,30-31,43H,2-5,8-9,19,21-29,32H2,1H3,(H,70,71)(H,57,60,66)(H,59,65,67). The number of halogens is 1. The number of thiazole rings is 1. The van der Waals surface area contributed by atoms with Crippen LogP contribution in [0.3, 0.4) is 0 Å². The van der Waals surface area contributed by atoms with Gasteiger partial charge < -0.3 is 19.6 Å². The number of rotatable bonds is 17. The highest BCUT2D eigenvalue weighted by molar-refractivity contribution is 7.22. The van der Waals surface area contributed by atoms with E-state index in [-0.39, 0.29) is 41.3 Å². The summed E-state index contributed by atoms with van der Waals surface area (Å²) in [6.45, 7) is 6.98. The Morgan fingerprint density at radius 1 is 0.795 bits per heavy atom. The molecule has 3 N–H and O–H groups in total. The summed E-state index contributed by atoms with van der Waals surface area (Å²) in [5, 5.41) is 16.1. The van der Waals surface area contributed by atoms with Gasteiger partial charge in [-0.05, 0) is 110 Å².